The fourth-order valence-electron chi connectivity index (χ4n) is 6.27. The summed E-state index contributed by atoms with van der Waals surface area (Å²) in [6.07, 6.45) is 4.51. The first kappa shape index (κ1) is 30.6. The molecule has 1 saturated carbocycles. The summed E-state index contributed by atoms with van der Waals surface area (Å²) in [4.78, 5) is 7.37. The second kappa shape index (κ2) is 10.9. The highest BCUT2D eigenvalue weighted by Crippen LogP contribution is 2.49. The lowest BCUT2D eigenvalue weighted by Crippen LogP contribution is -2.51. The van der Waals surface area contributed by atoms with Crippen LogP contribution in [-0.2, 0) is 28.8 Å². The molecule has 236 valence electrons. The summed E-state index contributed by atoms with van der Waals surface area (Å²) in [5.41, 5.74) is 4.71. The lowest BCUT2D eigenvalue weighted by Gasteiger charge is -2.41. The van der Waals surface area contributed by atoms with Crippen molar-refractivity contribution in [2.45, 2.75) is 57.0 Å². The van der Waals surface area contributed by atoms with E-state index in [4.69, 9.17) is 4.98 Å². The Hall–Kier alpha value is -3.42. The monoisotopic (exact) mass is 630 g/mol. The van der Waals surface area contributed by atoms with Gasteiger partial charge >= 0.3 is 6.36 Å². The lowest BCUT2D eigenvalue weighted by atomic mass is 9.91. The molecule has 13 heteroatoms. The van der Waals surface area contributed by atoms with E-state index < -0.39 is 16.2 Å². The van der Waals surface area contributed by atoms with Gasteiger partial charge in [0.2, 0.25) is 0 Å². The Morgan fingerprint density at radius 1 is 1.07 bits per heavy atom. The Morgan fingerprint density at radius 2 is 1.75 bits per heavy atom. The third-order valence-corrected chi connectivity index (χ3v) is 10.7. The van der Waals surface area contributed by atoms with E-state index in [1.165, 1.54) is 12.1 Å². The summed E-state index contributed by atoms with van der Waals surface area (Å²) in [5.74, 6) is 0.0785. The molecular weight excluding hydrogens is 593 g/mol. The molecule has 1 aliphatic carbocycles. The molecule has 9 nitrogen and oxygen atoms in total. The van der Waals surface area contributed by atoms with Gasteiger partial charge in [0, 0.05) is 54.6 Å². The molecule has 0 atom stereocenters. The number of aromatic nitrogens is 4. The van der Waals surface area contributed by atoms with E-state index in [2.05, 4.69) is 46.2 Å². The molecule has 1 N–H and O–H groups in total. The van der Waals surface area contributed by atoms with Gasteiger partial charge in [-0.2, -0.15) is 5.10 Å². The number of rotatable bonds is 9. The molecule has 1 saturated heterocycles. The topological polar surface area (TPSA) is 94.3 Å². The van der Waals surface area contributed by atoms with Crippen molar-refractivity contribution in [2.75, 3.05) is 31.6 Å². The number of nitrogens with zero attached hydrogens (tertiary/aromatic N) is 5. The molecule has 6 rings (SSSR count). The van der Waals surface area contributed by atoms with Crippen LogP contribution in [0.2, 0.25) is 0 Å². The zero-order valence-corrected chi connectivity index (χ0v) is 26.1. The molecule has 0 bridgehead atoms. The number of alkyl halides is 3. The maximum atomic E-state index is 12.8. The van der Waals surface area contributed by atoms with Crippen LogP contribution >= 0.6 is 0 Å². The third-order valence-electron chi connectivity index (χ3n) is 9.14. The predicted molar refractivity (Wildman–Crippen MR) is 163 cm³/mol. The normalized spacial score (nSPS) is 18.5. The van der Waals surface area contributed by atoms with Crippen molar-refractivity contribution >= 4 is 20.9 Å². The van der Waals surface area contributed by atoms with Gasteiger partial charge in [-0.3, -0.25) is 14.1 Å². The first-order chi connectivity index (χ1) is 20.7. The number of aryl methyl sites for hydroxylation is 2. The largest absolute Gasteiger partial charge is 0.573 e. The van der Waals surface area contributed by atoms with Crippen molar-refractivity contribution in [1.82, 2.24) is 29.5 Å². The number of ether oxygens (including phenoxy) is 1. The van der Waals surface area contributed by atoms with Crippen molar-refractivity contribution in [3.05, 3.63) is 60.0 Å². The Kier molecular flexibility index (Phi) is 7.57. The fraction of sp³-hybridized carbons (Fsp3) is 0.484. The van der Waals surface area contributed by atoms with E-state index in [0.717, 1.165) is 53.5 Å². The van der Waals surface area contributed by atoms with E-state index in [-0.39, 0.29) is 28.3 Å². The maximum Gasteiger partial charge on any atom is 0.573 e. The Morgan fingerprint density at radius 3 is 2.32 bits per heavy atom. The van der Waals surface area contributed by atoms with Crippen LogP contribution in [0.4, 0.5) is 13.2 Å². The third kappa shape index (κ3) is 6.09. The van der Waals surface area contributed by atoms with Gasteiger partial charge in [0.1, 0.15) is 11.4 Å². The minimum Gasteiger partial charge on any atom is -0.406 e. The van der Waals surface area contributed by atoms with Gasteiger partial charge in [0.25, 0.3) is 0 Å². The molecular formula is C31H37F3N6O3S. The number of hydrogen-bond donors (Lipinski definition) is 1. The molecule has 4 aromatic rings. The van der Waals surface area contributed by atoms with Crippen LogP contribution in [0.5, 0.6) is 5.75 Å². The Labute approximate surface area is 254 Å². The molecule has 1 aliphatic heterocycles. The number of sulfone groups is 1. The van der Waals surface area contributed by atoms with Crippen molar-refractivity contribution < 1.29 is 26.3 Å². The van der Waals surface area contributed by atoms with Crippen LogP contribution in [-0.4, -0.2) is 76.2 Å². The number of benzene rings is 1. The Balaban J connectivity index is 1.44. The van der Waals surface area contributed by atoms with Gasteiger partial charge in [0.15, 0.2) is 9.84 Å². The highest BCUT2D eigenvalue weighted by atomic mass is 32.2. The SMILES string of the molecule is CNC1(c2cc(-c3ccc(OC(F)(F)F)cc3)nc3c2c(CCC(C)(C)N2CCS(=O)(=O)CC2)cn3-c2cnn(C)c2)CC1. The van der Waals surface area contributed by atoms with Crippen molar-refractivity contribution in [2.24, 2.45) is 7.05 Å². The van der Waals surface area contributed by atoms with Gasteiger partial charge in [-0.25, -0.2) is 13.4 Å². The minimum absolute atomic E-state index is 0.182. The van der Waals surface area contributed by atoms with Crippen molar-refractivity contribution in [3.8, 4) is 22.7 Å². The van der Waals surface area contributed by atoms with E-state index in [9.17, 15) is 21.6 Å². The molecule has 4 heterocycles. The lowest BCUT2D eigenvalue weighted by molar-refractivity contribution is -0.274. The molecule has 2 fully saturated rings. The van der Waals surface area contributed by atoms with Gasteiger partial charge in [0.05, 0.1) is 29.1 Å². The van der Waals surface area contributed by atoms with E-state index in [0.29, 0.717) is 24.3 Å². The fourth-order valence-corrected chi connectivity index (χ4v) is 7.47. The first-order valence-electron chi connectivity index (χ1n) is 14.7. The summed E-state index contributed by atoms with van der Waals surface area (Å²) in [6, 6.07) is 7.86. The average Bonchev–Trinajstić information content (AvgIpc) is 3.50. The van der Waals surface area contributed by atoms with Gasteiger partial charge in [-0.05, 0) is 88.0 Å². The van der Waals surface area contributed by atoms with Gasteiger partial charge in [-0.15, -0.1) is 13.2 Å². The second-order valence-electron chi connectivity index (χ2n) is 12.5. The van der Waals surface area contributed by atoms with Crippen LogP contribution in [0.15, 0.2) is 48.9 Å². The Bertz CT molecular complexity index is 1780. The summed E-state index contributed by atoms with van der Waals surface area (Å²) in [6.45, 7) is 5.40. The average molecular weight is 631 g/mol. The zero-order chi connectivity index (χ0) is 31.5. The van der Waals surface area contributed by atoms with E-state index in [1.807, 2.05) is 24.9 Å². The number of pyridine rings is 1. The molecule has 3 aromatic heterocycles. The molecule has 44 heavy (non-hydrogen) atoms. The predicted octanol–water partition coefficient (Wildman–Crippen LogP) is 4.97. The van der Waals surface area contributed by atoms with Crippen LogP contribution in [0.1, 0.15) is 44.2 Å². The second-order valence-corrected chi connectivity index (χ2v) is 14.8. The zero-order valence-electron chi connectivity index (χ0n) is 25.3. The first-order valence-corrected chi connectivity index (χ1v) is 16.6. The molecule has 0 unspecified atom stereocenters. The summed E-state index contributed by atoms with van der Waals surface area (Å²) in [7, 11) is 0.828. The van der Waals surface area contributed by atoms with Crippen LogP contribution in [0, 0.1) is 0 Å². The van der Waals surface area contributed by atoms with Gasteiger partial charge < -0.3 is 10.1 Å². The molecule has 0 spiro atoms. The highest BCUT2D eigenvalue weighted by molar-refractivity contribution is 7.91. The van der Waals surface area contributed by atoms with Crippen LogP contribution < -0.4 is 10.1 Å². The summed E-state index contributed by atoms with van der Waals surface area (Å²) >= 11 is 0. The molecule has 0 radical (unpaired) electrons. The van der Waals surface area contributed by atoms with E-state index >= 15 is 0 Å². The number of nitrogens with one attached hydrogen (secondary N) is 1. The number of fused-ring (bicyclic) bond motifs is 1. The maximum absolute atomic E-state index is 12.8. The van der Waals surface area contributed by atoms with Crippen molar-refractivity contribution in [3.63, 3.8) is 0 Å². The van der Waals surface area contributed by atoms with E-state index in [1.54, 1.807) is 23.0 Å². The van der Waals surface area contributed by atoms with Crippen molar-refractivity contribution in [1.29, 1.82) is 0 Å². The smallest absolute Gasteiger partial charge is 0.406 e. The van der Waals surface area contributed by atoms with Crippen LogP contribution in [0.3, 0.4) is 0 Å². The molecule has 0 amide bonds. The highest BCUT2D eigenvalue weighted by Gasteiger charge is 2.45. The van der Waals surface area contributed by atoms with Gasteiger partial charge in [-0.1, -0.05) is 0 Å². The van der Waals surface area contributed by atoms with Crippen LogP contribution in [0.25, 0.3) is 28.0 Å². The quantitative estimate of drug-likeness (QED) is 0.279. The summed E-state index contributed by atoms with van der Waals surface area (Å²) in [5, 5.41) is 8.96. The number of hydrogen-bond acceptors (Lipinski definition) is 7. The summed E-state index contributed by atoms with van der Waals surface area (Å²) < 4.78 is 70.3. The number of halogens is 3. The molecule has 2 aliphatic rings. The minimum atomic E-state index is -4.77. The standard InChI is InChI=1S/C31H37F3N6O3S/c1-29(2,39-13-15-44(41,42)16-14-39)10-9-22-19-40(23-18-36-38(4)20-23)28-27(22)25(30(35-3)11-12-30)17-26(37-28)21-5-7-24(8-6-21)43-31(32,33)34/h5-8,17-20,35H,9-16H2,1-4H3. The molecule has 1 aromatic carbocycles.